The molecule has 5 aromatic rings. The molecular weight excluding hydrogens is 537 g/mol. The van der Waals surface area contributed by atoms with Crippen LogP contribution in [0.1, 0.15) is 45.5 Å². The summed E-state index contributed by atoms with van der Waals surface area (Å²) in [4.78, 5) is 23.9. The van der Waals surface area contributed by atoms with Crippen molar-refractivity contribution in [3.63, 3.8) is 0 Å². The highest BCUT2D eigenvalue weighted by molar-refractivity contribution is 5.96. The predicted octanol–water partition coefficient (Wildman–Crippen LogP) is 8.04. The third-order valence-electron chi connectivity index (χ3n) is 7.50. The molecule has 0 atom stereocenters. The molecule has 1 N–H and O–H groups in total. The normalized spacial score (nSPS) is 13.2. The number of aryl methyl sites for hydroxylation is 1. The second-order valence-corrected chi connectivity index (χ2v) is 10.7. The number of aromatic nitrogens is 2. The quantitative estimate of drug-likeness (QED) is 0.207. The van der Waals surface area contributed by atoms with Crippen LogP contribution in [0.5, 0.6) is 0 Å². The summed E-state index contributed by atoms with van der Waals surface area (Å²) >= 11 is 0. The molecule has 1 aliphatic rings. The molecule has 1 heterocycles. The molecule has 0 radical (unpaired) electrons. The first-order valence-electron chi connectivity index (χ1n) is 13.9. The minimum absolute atomic E-state index is 0.0673. The average molecular weight is 567 g/mol. The SMILES string of the molecule is Cc1cccc(CNc2ncnc3ccc(-c4cccc(CN(C(=O)c5ccccc5C(F)(F)F)C5CC5)c4)cc23)c1. The molecule has 6 rings (SSSR count). The predicted molar refractivity (Wildman–Crippen MR) is 158 cm³/mol. The maximum absolute atomic E-state index is 13.7. The van der Waals surface area contributed by atoms with Crippen LogP contribution in [0.25, 0.3) is 22.0 Å². The Kier molecular flexibility index (Phi) is 7.37. The summed E-state index contributed by atoms with van der Waals surface area (Å²) in [5.41, 5.74) is 4.66. The molecule has 0 aliphatic heterocycles. The van der Waals surface area contributed by atoms with E-state index in [0.29, 0.717) is 6.54 Å². The van der Waals surface area contributed by atoms with Gasteiger partial charge in [0.1, 0.15) is 12.1 Å². The van der Waals surface area contributed by atoms with Crippen molar-refractivity contribution in [1.29, 1.82) is 0 Å². The molecule has 1 fully saturated rings. The van der Waals surface area contributed by atoms with Gasteiger partial charge in [0.25, 0.3) is 5.91 Å². The number of hydrogen-bond acceptors (Lipinski definition) is 4. The van der Waals surface area contributed by atoms with Gasteiger partial charge in [-0.05, 0) is 72.4 Å². The first-order chi connectivity index (χ1) is 20.3. The van der Waals surface area contributed by atoms with E-state index in [1.807, 2.05) is 48.5 Å². The molecule has 42 heavy (non-hydrogen) atoms. The van der Waals surface area contributed by atoms with E-state index in [2.05, 4.69) is 40.4 Å². The Hall–Kier alpha value is -4.72. The van der Waals surface area contributed by atoms with Crippen LogP contribution >= 0.6 is 0 Å². The number of nitrogens with one attached hydrogen (secondary N) is 1. The first kappa shape index (κ1) is 27.4. The van der Waals surface area contributed by atoms with Crippen LogP contribution in [0.4, 0.5) is 19.0 Å². The van der Waals surface area contributed by atoms with E-state index in [4.69, 9.17) is 0 Å². The lowest BCUT2D eigenvalue weighted by Crippen LogP contribution is -2.34. The number of carbonyl (C=O) groups excluding carboxylic acids is 1. The average Bonchev–Trinajstić information content (AvgIpc) is 3.83. The van der Waals surface area contributed by atoms with Gasteiger partial charge in [-0.15, -0.1) is 0 Å². The Bertz CT molecular complexity index is 1760. The number of nitrogens with zero attached hydrogens (tertiary/aromatic N) is 3. The minimum Gasteiger partial charge on any atom is -0.365 e. The molecule has 1 amide bonds. The zero-order valence-electron chi connectivity index (χ0n) is 23.0. The number of carbonyl (C=O) groups is 1. The van der Waals surface area contributed by atoms with Crippen molar-refractivity contribution in [2.45, 2.75) is 45.1 Å². The molecule has 1 aromatic heterocycles. The van der Waals surface area contributed by atoms with Gasteiger partial charge in [-0.3, -0.25) is 4.79 Å². The molecule has 0 saturated heterocycles. The lowest BCUT2D eigenvalue weighted by atomic mass is 10.0. The number of halogens is 3. The molecule has 212 valence electrons. The van der Waals surface area contributed by atoms with Gasteiger partial charge in [-0.2, -0.15) is 13.2 Å². The van der Waals surface area contributed by atoms with E-state index in [1.54, 1.807) is 11.2 Å². The van der Waals surface area contributed by atoms with E-state index in [-0.39, 0.29) is 18.2 Å². The summed E-state index contributed by atoms with van der Waals surface area (Å²) < 4.78 is 41.0. The highest BCUT2D eigenvalue weighted by Crippen LogP contribution is 2.36. The second-order valence-electron chi connectivity index (χ2n) is 10.7. The molecule has 1 saturated carbocycles. The summed E-state index contributed by atoms with van der Waals surface area (Å²) in [5, 5.41) is 4.32. The van der Waals surface area contributed by atoms with Gasteiger partial charge in [0.05, 0.1) is 16.6 Å². The highest BCUT2D eigenvalue weighted by Gasteiger charge is 2.39. The zero-order valence-corrected chi connectivity index (χ0v) is 23.0. The molecule has 0 spiro atoms. The van der Waals surface area contributed by atoms with Crippen LogP contribution in [0, 0.1) is 6.92 Å². The lowest BCUT2D eigenvalue weighted by molar-refractivity contribution is -0.138. The van der Waals surface area contributed by atoms with Gasteiger partial charge in [0, 0.05) is 24.5 Å². The topological polar surface area (TPSA) is 58.1 Å². The minimum atomic E-state index is -4.60. The van der Waals surface area contributed by atoms with Crippen molar-refractivity contribution < 1.29 is 18.0 Å². The van der Waals surface area contributed by atoms with Crippen LogP contribution in [0.3, 0.4) is 0 Å². The number of hydrogen-bond donors (Lipinski definition) is 1. The van der Waals surface area contributed by atoms with Crippen LogP contribution in [0.2, 0.25) is 0 Å². The van der Waals surface area contributed by atoms with Crippen LogP contribution in [0.15, 0.2) is 97.3 Å². The Morgan fingerprint density at radius 3 is 2.43 bits per heavy atom. The van der Waals surface area contributed by atoms with Gasteiger partial charge in [-0.25, -0.2) is 9.97 Å². The largest absolute Gasteiger partial charge is 0.417 e. The van der Waals surface area contributed by atoms with Crippen LogP contribution in [-0.4, -0.2) is 26.8 Å². The fourth-order valence-electron chi connectivity index (χ4n) is 5.26. The summed E-state index contributed by atoms with van der Waals surface area (Å²) in [5.74, 6) is 0.136. The Morgan fingerprint density at radius 2 is 1.64 bits per heavy atom. The highest BCUT2D eigenvalue weighted by atomic mass is 19.4. The molecule has 1 aliphatic carbocycles. The number of anilines is 1. The first-order valence-corrected chi connectivity index (χ1v) is 13.9. The molecule has 0 bridgehead atoms. The zero-order chi connectivity index (χ0) is 29.3. The van der Waals surface area contributed by atoms with E-state index in [9.17, 15) is 18.0 Å². The summed E-state index contributed by atoms with van der Waals surface area (Å²) in [7, 11) is 0. The van der Waals surface area contributed by atoms with Gasteiger partial charge in [0.15, 0.2) is 0 Å². The second kappa shape index (κ2) is 11.3. The number of fused-ring (bicyclic) bond motifs is 1. The Balaban J connectivity index is 1.27. The van der Waals surface area contributed by atoms with Crippen LogP contribution < -0.4 is 5.32 Å². The van der Waals surface area contributed by atoms with E-state index in [1.165, 1.54) is 23.8 Å². The van der Waals surface area contributed by atoms with Crippen molar-refractivity contribution in [3.8, 4) is 11.1 Å². The molecule has 4 aromatic carbocycles. The standard InChI is InChI=1S/C34H29F3N4O/c1-22-6-4-7-23(16-22)19-38-32-29-18-26(12-15-31(29)39-21-40-32)25-9-5-8-24(17-25)20-41(27-13-14-27)33(42)28-10-2-3-11-30(28)34(35,36)37/h2-12,15-18,21,27H,13-14,19-20H2,1H3,(H,38,39,40). The molecule has 0 unspecified atom stereocenters. The van der Waals surface area contributed by atoms with Crippen molar-refractivity contribution in [1.82, 2.24) is 14.9 Å². The number of rotatable bonds is 8. The summed E-state index contributed by atoms with van der Waals surface area (Å²) in [6.07, 6.45) is -1.50. The number of alkyl halides is 3. The van der Waals surface area contributed by atoms with Gasteiger partial charge >= 0.3 is 6.18 Å². The lowest BCUT2D eigenvalue weighted by Gasteiger charge is -2.24. The molecule has 8 heteroatoms. The third-order valence-corrected chi connectivity index (χ3v) is 7.50. The van der Waals surface area contributed by atoms with E-state index >= 15 is 0 Å². The van der Waals surface area contributed by atoms with Crippen molar-refractivity contribution in [2.24, 2.45) is 0 Å². The third kappa shape index (κ3) is 5.98. The molecular formula is C34H29F3N4O. The summed E-state index contributed by atoms with van der Waals surface area (Å²) in [6, 6.07) is 27.0. The van der Waals surface area contributed by atoms with Crippen molar-refractivity contribution in [2.75, 3.05) is 5.32 Å². The van der Waals surface area contributed by atoms with Gasteiger partial charge in [0.2, 0.25) is 0 Å². The monoisotopic (exact) mass is 566 g/mol. The van der Waals surface area contributed by atoms with Crippen molar-refractivity contribution in [3.05, 3.63) is 125 Å². The number of benzene rings is 4. The smallest absolute Gasteiger partial charge is 0.365 e. The number of amides is 1. The molecule has 5 nitrogen and oxygen atoms in total. The van der Waals surface area contributed by atoms with E-state index < -0.39 is 17.6 Å². The van der Waals surface area contributed by atoms with Gasteiger partial charge in [-0.1, -0.05) is 66.2 Å². The van der Waals surface area contributed by atoms with Crippen molar-refractivity contribution >= 4 is 22.6 Å². The van der Waals surface area contributed by atoms with E-state index in [0.717, 1.165) is 57.9 Å². The Morgan fingerprint density at radius 1 is 0.881 bits per heavy atom. The van der Waals surface area contributed by atoms with Gasteiger partial charge < -0.3 is 10.2 Å². The Labute approximate surface area is 242 Å². The fraction of sp³-hybridized carbons (Fsp3) is 0.206. The summed E-state index contributed by atoms with van der Waals surface area (Å²) in [6.45, 7) is 2.91. The fourth-order valence-corrected chi connectivity index (χ4v) is 5.26. The van der Waals surface area contributed by atoms with Crippen LogP contribution in [-0.2, 0) is 19.3 Å². The maximum atomic E-state index is 13.7. The maximum Gasteiger partial charge on any atom is 0.417 e.